The van der Waals surface area contributed by atoms with Crippen LogP contribution in [-0.2, 0) is 16.0 Å². The average Bonchev–Trinajstić information content (AvgIpc) is 3.40. The van der Waals surface area contributed by atoms with Crippen LogP contribution in [0.1, 0.15) is 22.7 Å². The quantitative estimate of drug-likeness (QED) is 0.156. The van der Waals surface area contributed by atoms with Gasteiger partial charge in [0.05, 0.1) is 23.7 Å². The van der Waals surface area contributed by atoms with E-state index < -0.39 is 17.7 Å². The van der Waals surface area contributed by atoms with Crippen LogP contribution in [0.4, 0.5) is 0 Å². The fourth-order valence-electron chi connectivity index (χ4n) is 4.66. The van der Waals surface area contributed by atoms with E-state index in [0.717, 1.165) is 22.2 Å². The summed E-state index contributed by atoms with van der Waals surface area (Å²) in [6, 6.07) is 16.3. The Bertz CT molecular complexity index is 1560. The van der Waals surface area contributed by atoms with Crippen molar-refractivity contribution in [3.05, 3.63) is 104 Å². The Balaban J connectivity index is 1.57. The van der Waals surface area contributed by atoms with Crippen molar-refractivity contribution in [2.45, 2.75) is 12.5 Å². The van der Waals surface area contributed by atoms with E-state index in [1.54, 1.807) is 37.4 Å². The summed E-state index contributed by atoms with van der Waals surface area (Å²) < 4.78 is 5.35. The number of H-pyrrole nitrogens is 1. The number of carbonyl (C=O) groups excluding carboxylic acids is 2. The van der Waals surface area contributed by atoms with E-state index in [1.807, 2.05) is 24.4 Å². The normalized spacial score (nSPS) is 17.1. The van der Waals surface area contributed by atoms with Gasteiger partial charge < -0.3 is 19.7 Å². The van der Waals surface area contributed by atoms with Gasteiger partial charge in [-0.2, -0.15) is 0 Å². The minimum atomic E-state index is -0.830. The van der Waals surface area contributed by atoms with Gasteiger partial charge in [-0.1, -0.05) is 46.9 Å². The zero-order valence-corrected chi connectivity index (χ0v) is 21.9. The fraction of sp³-hybridized carbons (Fsp3) is 0.143. The Kier molecular flexibility index (Phi) is 6.90. The summed E-state index contributed by atoms with van der Waals surface area (Å²) in [7, 11) is 1.60. The summed E-state index contributed by atoms with van der Waals surface area (Å²) in [5, 5.41) is 13.3. The van der Waals surface area contributed by atoms with Crippen LogP contribution >= 0.6 is 34.8 Å². The number of benzene rings is 3. The monoisotopic (exact) mass is 554 g/mol. The molecular formula is C28H21Cl3N2O4. The highest BCUT2D eigenvalue weighted by molar-refractivity contribution is 6.47. The van der Waals surface area contributed by atoms with Gasteiger partial charge in [0.1, 0.15) is 11.5 Å². The number of rotatable bonds is 6. The number of aromatic amines is 1. The third-order valence-electron chi connectivity index (χ3n) is 6.51. The van der Waals surface area contributed by atoms with Crippen LogP contribution in [0.3, 0.4) is 0 Å². The standard InChI is InChI=1S/C28H21Cl3N2O4/c1-37-19-7-9-23-21(13-19)16(14-32-23)10-11-33-25(15-2-4-17(29)5-3-15)24(27(35)28(33)36)26(34)20-8-6-18(30)12-22(20)31/h2-9,12-14,25,32,34H,10-11H2,1H3/t25-/m0/s1. The van der Waals surface area contributed by atoms with Crippen molar-refractivity contribution in [1.29, 1.82) is 0 Å². The molecule has 3 aromatic carbocycles. The SMILES string of the molecule is COc1ccc2[nH]cc(CCN3C(=O)C(=O)C(=C(O)c4ccc(Cl)cc4Cl)[C@@H]3c3ccc(Cl)cc3)c2c1. The molecule has 9 heteroatoms. The van der Waals surface area contributed by atoms with Crippen LogP contribution < -0.4 is 4.74 Å². The Morgan fingerprint density at radius 3 is 2.43 bits per heavy atom. The van der Waals surface area contributed by atoms with Gasteiger partial charge in [0, 0.05) is 39.3 Å². The molecule has 0 bridgehead atoms. The Morgan fingerprint density at radius 1 is 1.00 bits per heavy atom. The van der Waals surface area contributed by atoms with Crippen LogP contribution in [0, 0.1) is 0 Å². The van der Waals surface area contributed by atoms with Crippen molar-refractivity contribution in [2.75, 3.05) is 13.7 Å². The topological polar surface area (TPSA) is 82.6 Å². The van der Waals surface area contributed by atoms with Gasteiger partial charge >= 0.3 is 0 Å². The molecule has 0 aliphatic carbocycles. The highest BCUT2D eigenvalue weighted by atomic mass is 35.5. The van der Waals surface area contributed by atoms with Gasteiger partial charge in [0.25, 0.3) is 11.7 Å². The average molecular weight is 556 g/mol. The van der Waals surface area contributed by atoms with E-state index in [0.29, 0.717) is 22.0 Å². The van der Waals surface area contributed by atoms with Gasteiger partial charge in [-0.3, -0.25) is 9.59 Å². The van der Waals surface area contributed by atoms with Crippen LogP contribution in [0.25, 0.3) is 16.7 Å². The summed E-state index contributed by atoms with van der Waals surface area (Å²) in [5.41, 5.74) is 2.70. The van der Waals surface area contributed by atoms with Gasteiger partial charge in [-0.15, -0.1) is 0 Å². The van der Waals surface area contributed by atoms with E-state index in [1.165, 1.54) is 17.0 Å². The number of hydrogen-bond acceptors (Lipinski definition) is 4. The molecule has 1 fully saturated rings. The van der Waals surface area contributed by atoms with Crippen LogP contribution in [0.15, 0.2) is 72.4 Å². The molecule has 2 heterocycles. The Morgan fingerprint density at radius 2 is 1.73 bits per heavy atom. The lowest BCUT2D eigenvalue weighted by atomic mass is 9.95. The predicted molar refractivity (Wildman–Crippen MR) is 145 cm³/mol. The molecule has 1 aliphatic rings. The number of methoxy groups -OCH3 is 1. The van der Waals surface area contributed by atoms with E-state index >= 15 is 0 Å². The molecule has 37 heavy (non-hydrogen) atoms. The maximum absolute atomic E-state index is 13.3. The molecular weight excluding hydrogens is 535 g/mol. The maximum atomic E-state index is 13.3. The largest absolute Gasteiger partial charge is 0.507 e. The number of aliphatic hydroxyl groups excluding tert-OH is 1. The van der Waals surface area contributed by atoms with E-state index in [-0.39, 0.29) is 28.5 Å². The Hall–Kier alpha value is -3.45. The maximum Gasteiger partial charge on any atom is 0.295 e. The molecule has 1 aromatic heterocycles. The van der Waals surface area contributed by atoms with Crippen LogP contribution in [0.2, 0.25) is 15.1 Å². The molecule has 1 aliphatic heterocycles. The summed E-state index contributed by atoms with van der Waals surface area (Å²) in [4.78, 5) is 31.3. The smallest absolute Gasteiger partial charge is 0.295 e. The molecule has 0 unspecified atom stereocenters. The third-order valence-corrected chi connectivity index (χ3v) is 7.31. The molecule has 1 amide bonds. The number of aliphatic hydroxyl groups is 1. The minimum Gasteiger partial charge on any atom is -0.507 e. The number of nitrogens with one attached hydrogen (secondary N) is 1. The summed E-state index contributed by atoms with van der Waals surface area (Å²) >= 11 is 18.4. The first kappa shape index (κ1) is 25.2. The molecule has 1 saturated heterocycles. The number of likely N-dealkylation sites (tertiary alicyclic amines) is 1. The number of nitrogens with zero attached hydrogens (tertiary/aromatic N) is 1. The van der Waals surface area contributed by atoms with Gasteiger partial charge in [0.15, 0.2) is 0 Å². The first-order valence-electron chi connectivity index (χ1n) is 11.4. The highest BCUT2D eigenvalue weighted by Crippen LogP contribution is 2.41. The fourth-order valence-corrected chi connectivity index (χ4v) is 5.29. The molecule has 0 radical (unpaired) electrons. The lowest BCUT2D eigenvalue weighted by Gasteiger charge is -2.25. The second kappa shape index (κ2) is 10.1. The molecule has 5 rings (SSSR count). The number of hydrogen-bond donors (Lipinski definition) is 2. The van der Waals surface area contributed by atoms with Crippen molar-refractivity contribution < 1.29 is 19.4 Å². The first-order valence-corrected chi connectivity index (χ1v) is 12.5. The third kappa shape index (κ3) is 4.68. The number of aromatic nitrogens is 1. The number of ether oxygens (including phenoxy) is 1. The summed E-state index contributed by atoms with van der Waals surface area (Å²) in [5.74, 6) is -1.14. The van der Waals surface area contributed by atoms with Crippen molar-refractivity contribution >= 4 is 63.2 Å². The van der Waals surface area contributed by atoms with E-state index in [4.69, 9.17) is 39.5 Å². The van der Waals surface area contributed by atoms with Crippen molar-refractivity contribution in [2.24, 2.45) is 0 Å². The molecule has 6 nitrogen and oxygen atoms in total. The van der Waals surface area contributed by atoms with Crippen LogP contribution in [-0.4, -0.2) is 40.3 Å². The van der Waals surface area contributed by atoms with E-state index in [2.05, 4.69) is 4.98 Å². The Labute approximate surface area is 228 Å². The number of amides is 1. The lowest BCUT2D eigenvalue weighted by Crippen LogP contribution is -2.31. The van der Waals surface area contributed by atoms with Crippen molar-refractivity contribution in [1.82, 2.24) is 9.88 Å². The lowest BCUT2D eigenvalue weighted by molar-refractivity contribution is -0.139. The zero-order valence-electron chi connectivity index (χ0n) is 19.6. The van der Waals surface area contributed by atoms with Crippen LogP contribution in [0.5, 0.6) is 5.75 Å². The molecule has 0 saturated carbocycles. The number of fused-ring (bicyclic) bond motifs is 1. The van der Waals surface area contributed by atoms with Crippen molar-refractivity contribution in [3.63, 3.8) is 0 Å². The second-order valence-electron chi connectivity index (χ2n) is 8.64. The number of Topliss-reactive ketones (excluding diaryl/α,β-unsaturated/α-hetero) is 1. The molecule has 1 atom stereocenters. The van der Waals surface area contributed by atoms with E-state index in [9.17, 15) is 14.7 Å². The van der Waals surface area contributed by atoms with Gasteiger partial charge in [0.2, 0.25) is 0 Å². The second-order valence-corrected chi connectivity index (χ2v) is 9.92. The number of carbonyl (C=O) groups is 2. The number of ketones is 1. The minimum absolute atomic E-state index is 0.0443. The molecule has 0 spiro atoms. The summed E-state index contributed by atoms with van der Waals surface area (Å²) in [6.07, 6.45) is 2.34. The summed E-state index contributed by atoms with van der Waals surface area (Å²) in [6.45, 7) is 0.229. The highest BCUT2D eigenvalue weighted by Gasteiger charge is 2.46. The molecule has 2 N–H and O–H groups in total. The molecule has 4 aromatic rings. The predicted octanol–water partition coefficient (Wildman–Crippen LogP) is 6.80. The van der Waals surface area contributed by atoms with Gasteiger partial charge in [-0.05, 0) is 66.1 Å². The van der Waals surface area contributed by atoms with Crippen molar-refractivity contribution in [3.8, 4) is 5.75 Å². The first-order chi connectivity index (χ1) is 17.8. The van der Waals surface area contributed by atoms with Gasteiger partial charge in [-0.25, -0.2) is 0 Å². The molecule has 188 valence electrons. The number of halogens is 3. The zero-order chi connectivity index (χ0) is 26.3.